The molecule has 8 aromatic rings. The molecule has 2 nitrogen and oxygen atoms in total. The van der Waals surface area contributed by atoms with Crippen LogP contribution in [0.25, 0.3) is 71.3 Å². The predicted molar refractivity (Wildman–Crippen MR) is 154 cm³/mol. The van der Waals surface area contributed by atoms with Crippen LogP contribution in [0.5, 0.6) is 0 Å². The van der Waals surface area contributed by atoms with E-state index in [0.29, 0.717) is 0 Å². The van der Waals surface area contributed by atoms with Gasteiger partial charge in [0.25, 0.3) is 0 Å². The molecule has 0 fully saturated rings. The molecule has 4 aromatic carbocycles. The molecule has 0 spiro atoms. The standard InChI is InChI=1S/C28H16O2S4/c1-9-5-13-14(19-17(9)27-21(23(19)29)25-15(33-27)7-11(3)31-25)6-10(2)18-20(13)24(30)22-26-16(34-28(18)22)8-12(4)32-26/h5-8H,1-4H3. The number of hydrogen-bond donors (Lipinski definition) is 0. The molecule has 6 heteroatoms. The van der Waals surface area contributed by atoms with Gasteiger partial charge in [0.1, 0.15) is 0 Å². The quantitative estimate of drug-likeness (QED) is 0.203. The van der Waals surface area contributed by atoms with Gasteiger partial charge in [-0.3, -0.25) is 9.59 Å². The zero-order valence-electron chi connectivity index (χ0n) is 18.8. The number of hydrogen-bond acceptors (Lipinski definition) is 6. The molecular formula is C28H16O2S4. The van der Waals surface area contributed by atoms with Gasteiger partial charge in [-0.05, 0) is 73.9 Å². The smallest absolute Gasteiger partial charge is 0.197 e. The molecule has 0 radical (unpaired) electrons. The van der Waals surface area contributed by atoms with Gasteiger partial charge in [-0.2, -0.15) is 0 Å². The highest BCUT2D eigenvalue weighted by atomic mass is 32.1. The Bertz CT molecular complexity index is 2140. The van der Waals surface area contributed by atoms with Crippen molar-refractivity contribution in [3.8, 4) is 0 Å². The molecule has 34 heavy (non-hydrogen) atoms. The van der Waals surface area contributed by atoms with Crippen LogP contribution in [0.2, 0.25) is 0 Å². The second-order valence-electron chi connectivity index (χ2n) is 9.35. The Kier molecular flexibility index (Phi) is 3.54. The highest BCUT2D eigenvalue weighted by Crippen LogP contribution is 2.47. The summed E-state index contributed by atoms with van der Waals surface area (Å²) in [6.45, 7) is 8.37. The lowest BCUT2D eigenvalue weighted by Gasteiger charge is -2.08. The van der Waals surface area contributed by atoms with Crippen molar-refractivity contribution in [3.63, 3.8) is 0 Å². The molecule has 4 aromatic heterocycles. The van der Waals surface area contributed by atoms with Crippen molar-refractivity contribution in [2.75, 3.05) is 0 Å². The van der Waals surface area contributed by atoms with Crippen LogP contribution in [0, 0.1) is 27.7 Å². The van der Waals surface area contributed by atoms with E-state index in [4.69, 9.17) is 0 Å². The largest absolute Gasteiger partial charge is 0.288 e. The van der Waals surface area contributed by atoms with Gasteiger partial charge in [0, 0.05) is 50.1 Å². The van der Waals surface area contributed by atoms with Crippen LogP contribution < -0.4 is 10.9 Å². The average molecular weight is 513 g/mol. The molecule has 0 aliphatic carbocycles. The van der Waals surface area contributed by atoms with Crippen LogP contribution in [0.4, 0.5) is 0 Å². The summed E-state index contributed by atoms with van der Waals surface area (Å²) in [5, 5.41) is 7.28. The predicted octanol–water partition coefficient (Wildman–Crippen LogP) is 8.83. The highest BCUT2D eigenvalue weighted by Gasteiger charge is 2.25. The van der Waals surface area contributed by atoms with Crippen molar-refractivity contribution in [1.29, 1.82) is 0 Å². The summed E-state index contributed by atoms with van der Waals surface area (Å²) in [6.07, 6.45) is 0. The van der Waals surface area contributed by atoms with E-state index in [-0.39, 0.29) is 10.9 Å². The number of rotatable bonds is 0. The molecule has 164 valence electrons. The van der Waals surface area contributed by atoms with Crippen molar-refractivity contribution >= 4 is 117 Å². The number of thiophene rings is 4. The molecule has 0 saturated carbocycles. The third-order valence-electron chi connectivity index (χ3n) is 7.18. The maximum Gasteiger partial charge on any atom is 0.197 e. The number of benzene rings is 2. The van der Waals surface area contributed by atoms with E-state index in [0.717, 1.165) is 73.0 Å². The fraction of sp³-hybridized carbons (Fsp3) is 0.143. The zero-order chi connectivity index (χ0) is 23.2. The van der Waals surface area contributed by atoms with Crippen molar-refractivity contribution < 1.29 is 0 Å². The summed E-state index contributed by atoms with van der Waals surface area (Å²) < 4.78 is 6.81. The lowest BCUT2D eigenvalue weighted by Crippen LogP contribution is -1.99. The van der Waals surface area contributed by atoms with Gasteiger partial charge in [0.05, 0.1) is 20.2 Å². The van der Waals surface area contributed by atoms with Gasteiger partial charge < -0.3 is 0 Å². The van der Waals surface area contributed by atoms with E-state index < -0.39 is 0 Å². The average Bonchev–Trinajstić information content (AvgIpc) is 3.55. The summed E-state index contributed by atoms with van der Waals surface area (Å²) in [5.74, 6) is 0. The maximum atomic E-state index is 13.9. The highest BCUT2D eigenvalue weighted by molar-refractivity contribution is 7.34. The van der Waals surface area contributed by atoms with E-state index >= 15 is 0 Å². The zero-order valence-corrected chi connectivity index (χ0v) is 22.0. The van der Waals surface area contributed by atoms with E-state index in [2.05, 4.69) is 52.0 Å². The van der Waals surface area contributed by atoms with Crippen LogP contribution in [0.15, 0.2) is 33.9 Å². The molecular weight excluding hydrogens is 497 g/mol. The minimum absolute atomic E-state index is 0.114. The van der Waals surface area contributed by atoms with Crippen LogP contribution >= 0.6 is 45.3 Å². The number of fused-ring (bicyclic) bond motifs is 13. The van der Waals surface area contributed by atoms with Crippen molar-refractivity contribution in [1.82, 2.24) is 0 Å². The van der Waals surface area contributed by atoms with Gasteiger partial charge >= 0.3 is 0 Å². The van der Waals surface area contributed by atoms with Crippen LogP contribution in [-0.2, 0) is 0 Å². The Morgan fingerprint density at radius 2 is 0.882 bits per heavy atom. The summed E-state index contributed by atoms with van der Waals surface area (Å²) in [6, 6.07) is 8.68. The first-order valence-corrected chi connectivity index (χ1v) is 14.4. The Balaban J connectivity index is 1.65. The molecule has 4 heterocycles. The van der Waals surface area contributed by atoms with E-state index in [1.54, 1.807) is 45.3 Å². The van der Waals surface area contributed by atoms with Crippen molar-refractivity contribution in [2.45, 2.75) is 27.7 Å². The van der Waals surface area contributed by atoms with E-state index in [9.17, 15) is 9.59 Å². The SMILES string of the molecule is Cc1cc2sc3c4c(C)cc5c(cc(C)c6c7sc8cc(C)sc8c7c(=O)c56)c4c(=O)c3c2s1. The summed E-state index contributed by atoms with van der Waals surface area (Å²) in [5.41, 5.74) is 2.38. The molecule has 0 N–H and O–H groups in total. The Hall–Kier alpha value is -2.64. The van der Waals surface area contributed by atoms with E-state index in [1.165, 1.54) is 19.2 Å². The van der Waals surface area contributed by atoms with Gasteiger partial charge in [-0.15, -0.1) is 45.3 Å². The lowest BCUT2D eigenvalue weighted by atomic mass is 9.95. The first kappa shape index (κ1) is 19.6. The van der Waals surface area contributed by atoms with E-state index in [1.807, 2.05) is 0 Å². The van der Waals surface area contributed by atoms with Gasteiger partial charge in [-0.1, -0.05) is 0 Å². The van der Waals surface area contributed by atoms with Crippen molar-refractivity contribution in [2.24, 2.45) is 0 Å². The topological polar surface area (TPSA) is 34.1 Å². The Labute approximate surface area is 209 Å². The van der Waals surface area contributed by atoms with Gasteiger partial charge in [0.2, 0.25) is 0 Å². The molecule has 0 bridgehead atoms. The first-order chi connectivity index (χ1) is 16.3. The van der Waals surface area contributed by atoms with Crippen LogP contribution in [0.1, 0.15) is 20.9 Å². The fourth-order valence-corrected chi connectivity index (χ4v) is 11.2. The fourth-order valence-electron chi connectivity index (χ4n) is 5.89. The first-order valence-electron chi connectivity index (χ1n) is 11.1. The third kappa shape index (κ3) is 2.13. The normalized spacial score (nSPS) is 12.9. The second-order valence-corrected chi connectivity index (χ2v) is 14.0. The lowest BCUT2D eigenvalue weighted by molar-refractivity contribution is 1.56. The monoisotopic (exact) mass is 512 g/mol. The number of aryl methyl sites for hydroxylation is 4. The third-order valence-corrected chi connectivity index (χ3v) is 11.9. The minimum atomic E-state index is 0.114. The molecule has 0 aliphatic rings. The molecule has 0 atom stereocenters. The van der Waals surface area contributed by atoms with Gasteiger partial charge in [0.15, 0.2) is 10.9 Å². The van der Waals surface area contributed by atoms with Crippen LogP contribution in [-0.4, -0.2) is 0 Å². The summed E-state index contributed by atoms with van der Waals surface area (Å²) >= 11 is 6.87. The molecule has 0 amide bonds. The van der Waals surface area contributed by atoms with Crippen LogP contribution in [0.3, 0.4) is 0 Å². The van der Waals surface area contributed by atoms with Gasteiger partial charge in [-0.25, -0.2) is 0 Å². The molecule has 0 saturated heterocycles. The summed E-state index contributed by atoms with van der Waals surface area (Å²) in [7, 11) is 0. The molecule has 8 rings (SSSR count). The second kappa shape index (κ2) is 6.13. The van der Waals surface area contributed by atoms with Crippen molar-refractivity contribution in [3.05, 3.63) is 65.6 Å². The maximum absolute atomic E-state index is 13.9. The molecule has 0 aliphatic heterocycles. The Morgan fingerprint density at radius 1 is 0.471 bits per heavy atom. The molecule has 0 unspecified atom stereocenters. The summed E-state index contributed by atoms with van der Waals surface area (Å²) in [4.78, 5) is 30.3. The minimum Gasteiger partial charge on any atom is -0.288 e. The Morgan fingerprint density at radius 3 is 1.29 bits per heavy atom.